The minimum absolute atomic E-state index is 0.0700. The topological polar surface area (TPSA) is 74.0 Å². The first-order chi connectivity index (χ1) is 11.6. The molecule has 0 aliphatic carbocycles. The first-order valence-electron chi connectivity index (χ1n) is 7.23. The number of hydrogen-bond acceptors (Lipinski definition) is 5. The van der Waals surface area contributed by atoms with E-state index in [-0.39, 0.29) is 16.9 Å². The van der Waals surface area contributed by atoms with Crippen LogP contribution in [0.4, 0.5) is 0 Å². The molecule has 0 unspecified atom stereocenters. The third-order valence-corrected chi connectivity index (χ3v) is 4.99. The molecule has 0 saturated carbocycles. The van der Waals surface area contributed by atoms with Gasteiger partial charge in [-0.05, 0) is 36.2 Å². The molecular weight excluding hydrogens is 390 g/mol. The Labute approximate surface area is 152 Å². The van der Waals surface area contributed by atoms with E-state index in [1.165, 1.54) is 18.0 Å². The van der Waals surface area contributed by atoms with E-state index in [0.717, 1.165) is 10.0 Å². The highest BCUT2D eigenvalue weighted by Crippen LogP contribution is 2.24. The Hall–Kier alpha value is -2.12. The average Bonchev–Trinajstić information content (AvgIpc) is 2.91. The number of halogens is 1. The molecule has 24 heavy (non-hydrogen) atoms. The van der Waals surface area contributed by atoms with Crippen molar-refractivity contribution in [2.24, 2.45) is 10.2 Å². The third-order valence-electron chi connectivity index (χ3n) is 3.39. The highest BCUT2D eigenvalue weighted by molar-refractivity contribution is 9.10. The van der Waals surface area contributed by atoms with Crippen LogP contribution < -0.4 is 5.32 Å². The van der Waals surface area contributed by atoms with Crippen molar-refractivity contribution in [2.75, 3.05) is 0 Å². The van der Waals surface area contributed by atoms with Crippen molar-refractivity contribution in [3.63, 3.8) is 0 Å². The van der Waals surface area contributed by atoms with Crippen molar-refractivity contribution >= 4 is 45.0 Å². The molecule has 0 bridgehead atoms. The second kappa shape index (κ2) is 7.63. The van der Waals surface area contributed by atoms with Crippen LogP contribution in [-0.2, 0) is 11.2 Å². The number of carbonyl (C=O) groups is 1. The maximum absolute atomic E-state index is 12.0. The molecular formula is C17H14BrN3O2S. The second-order valence-electron chi connectivity index (χ2n) is 5.13. The zero-order chi connectivity index (χ0) is 16.9. The van der Waals surface area contributed by atoms with E-state index in [2.05, 4.69) is 31.4 Å². The van der Waals surface area contributed by atoms with Gasteiger partial charge in [0.15, 0.2) is 5.17 Å². The standard InChI is InChI=1S/C17H14BrN3O2S/c18-13-7-5-11(6-8-13)9-15-16(23)20-17(24-15)21-19-10-12-3-1-2-4-14(12)22/h1-8,10,15,22H,9H2,(H,20,21,23)/t15-/m0/s1. The first kappa shape index (κ1) is 16.7. The lowest BCUT2D eigenvalue weighted by Gasteiger charge is -2.05. The Balaban J connectivity index is 1.63. The number of nitrogens with one attached hydrogen (secondary N) is 1. The normalized spacial score (nSPS) is 19.1. The van der Waals surface area contributed by atoms with Gasteiger partial charge < -0.3 is 10.4 Å². The number of amidine groups is 1. The number of rotatable bonds is 4. The smallest absolute Gasteiger partial charge is 0.239 e. The highest BCUT2D eigenvalue weighted by Gasteiger charge is 2.30. The van der Waals surface area contributed by atoms with Gasteiger partial charge in [-0.25, -0.2) is 0 Å². The molecule has 1 aliphatic rings. The number of phenols is 1. The quantitative estimate of drug-likeness (QED) is 0.607. The predicted molar refractivity (Wildman–Crippen MR) is 101 cm³/mol. The van der Waals surface area contributed by atoms with E-state index in [1.807, 2.05) is 24.3 Å². The maximum atomic E-state index is 12.0. The molecule has 1 atom stereocenters. The molecule has 0 radical (unpaired) electrons. The van der Waals surface area contributed by atoms with Gasteiger partial charge >= 0.3 is 0 Å². The summed E-state index contributed by atoms with van der Waals surface area (Å²) < 4.78 is 1.01. The first-order valence-corrected chi connectivity index (χ1v) is 8.90. The molecule has 1 amide bonds. The molecule has 7 heteroatoms. The number of aromatic hydroxyl groups is 1. The van der Waals surface area contributed by atoms with E-state index >= 15 is 0 Å². The van der Waals surface area contributed by atoms with Crippen LogP contribution in [0.15, 0.2) is 63.2 Å². The number of thioether (sulfide) groups is 1. The maximum Gasteiger partial charge on any atom is 0.239 e. The minimum Gasteiger partial charge on any atom is -0.507 e. The van der Waals surface area contributed by atoms with Crippen LogP contribution in [-0.4, -0.2) is 27.6 Å². The molecule has 1 aliphatic heterocycles. The molecule has 5 nitrogen and oxygen atoms in total. The summed E-state index contributed by atoms with van der Waals surface area (Å²) in [6.07, 6.45) is 2.09. The van der Waals surface area contributed by atoms with Crippen LogP contribution >= 0.6 is 27.7 Å². The Kier molecular flexibility index (Phi) is 5.32. The fraction of sp³-hybridized carbons (Fsp3) is 0.118. The summed E-state index contributed by atoms with van der Waals surface area (Å²) >= 11 is 4.75. The largest absolute Gasteiger partial charge is 0.507 e. The van der Waals surface area contributed by atoms with Crippen molar-refractivity contribution in [2.45, 2.75) is 11.7 Å². The number of benzene rings is 2. The molecule has 1 heterocycles. The van der Waals surface area contributed by atoms with E-state index in [4.69, 9.17) is 0 Å². The summed E-state index contributed by atoms with van der Waals surface area (Å²) in [5.74, 6) is 0.0668. The van der Waals surface area contributed by atoms with Crippen LogP contribution in [0.2, 0.25) is 0 Å². The van der Waals surface area contributed by atoms with E-state index < -0.39 is 0 Å². The summed E-state index contributed by atoms with van der Waals surface area (Å²) in [5, 5.41) is 20.6. The predicted octanol–water partition coefficient (Wildman–Crippen LogP) is 3.32. The lowest BCUT2D eigenvalue weighted by atomic mass is 10.1. The van der Waals surface area contributed by atoms with Crippen molar-refractivity contribution in [3.8, 4) is 5.75 Å². The summed E-state index contributed by atoms with van der Waals surface area (Å²) in [5.41, 5.74) is 1.66. The van der Waals surface area contributed by atoms with Crippen LogP contribution in [0.3, 0.4) is 0 Å². The SMILES string of the molecule is O=C1NC(=NN=Cc2ccccc2O)S[C@H]1Cc1ccc(Br)cc1. The monoisotopic (exact) mass is 403 g/mol. The molecule has 1 fully saturated rings. The third kappa shape index (κ3) is 4.24. The van der Waals surface area contributed by atoms with Crippen LogP contribution in [0.25, 0.3) is 0 Å². The minimum atomic E-state index is -0.217. The van der Waals surface area contributed by atoms with Gasteiger partial charge in [0.1, 0.15) is 5.75 Å². The van der Waals surface area contributed by atoms with E-state index in [9.17, 15) is 9.90 Å². The van der Waals surface area contributed by atoms with Gasteiger partial charge in [-0.1, -0.05) is 52.0 Å². The highest BCUT2D eigenvalue weighted by atomic mass is 79.9. The summed E-state index contributed by atoms with van der Waals surface area (Å²) in [4.78, 5) is 12.0. The second-order valence-corrected chi connectivity index (χ2v) is 7.24. The molecule has 3 rings (SSSR count). The van der Waals surface area contributed by atoms with Gasteiger partial charge in [0.25, 0.3) is 0 Å². The van der Waals surface area contributed by atoms with Crippen LogP contribution in [0.5, 0.6) is 5.75 Å². The van der Waals surface area contributed by atoms with Gasteiger partial charge in [-0.3, -0.25) is 4.79 Å². The van der Waals surface area contributed by atoms with Crippen LogP contribution in [0.1, 0.15) is 11.1 Å². The van der Waals surface area contributed by atoms with Crippen LogP contribution in [0, 0.1) is 0 Å². The van der Waals surface area contributed by atoms with Gasteiger partial charge in [0.2, 0.25) is 5.91 Å². The molecule has 2 N–H and O–H groups in total. The summed E-state index contributed by atoms with van der Waals surface area (Å²) in [7, 11) is 0. The van der Waals surface area contributed by atoms with Crippen molar-refractivity contribution in [1.82, 2.24) is 5.32 Å². The fourth-order valence-electron chi connectivity index (χ4n) is 2.16. The molecule has 2 aromatic carbocycles. The zero-order valence-electron chi connectivity index (χ0n) is 12.5. The van der Waals surface area contributed by atoms with Crippen molar-refractivity contribution in [3.05, 3.63) is 64.1 Å². The van der Waals surface area contributed by atoms with Gasteiger partial charge in [-0.2, -0.15) is 5.10 Å². The lowest BCUT2D eigenvalue weighted by Crippen LogP contribution is -2.25. The van der Waals surface area contributed by atoms with Gasteiger partial charge in [0, 0.05) is 10.0 Å². The molecule has 122 valence electrons. The average molecular weight is 404 g/mol. The molecule has 2 aromatic rings. The van der Waals surface area contributed by atoms with Crippen molar-refractivity contribution < 1.29 is 9.90 Å². The van der Waals surface area contributed by atoms with Crippen molar-refractivity contribution in [1.29, 1.82) is 0 Å². The Bertz CT molecular complexity index is 806. The Morgan fingerprint density at radius 3 is 2.71 bits per heavy atom. The summed E-state index contributed by atoms with van der Waals surface area (Å²) in [6.45, 7) is 0. The van der Waals surface area contributed by atoms with Gasteiger partial charge in [-0.15, -0.1) is 5.10 Å². The lowest BCUT2D eigenvalue weighted by molar-refractivity contribution is -0.118. The number of amides is 1. The fourth-order valence-corrected chi connectivity index (χ4v) is 3.39. The van der Waals surface area contributed by atoms with E-state index in [0.29, 0.717) is 17.2 Å². The van der Waals surface area contributed by atoms with Gasteiger partial charge in [0.05, 0.1) is 11.5 Å². The Morgan fingerprint density at radius 1 is 1.21 bits per heavy atom. The zero-order valence-corrected chi connectivity index (χ0v) is 14.9. The molecule has 0 aromatic heterocycles. The number of nitrogens with zero attached hydrogens (tertiary/aromatic N) is 2. The number of hydrogen-bond donors (Lipinski definition) is 2. The Morgan fingerprint density at radius 2 is 1.96 bits per heavy atom. The number of para-hydroxylation sites is 1. The molecule has 1 saturated heterocycles. The van der Waals surface area contributed by atoms with E-state index in [1.54, 1.807) is 24.3 Å². The summed E-state index contributed by atoms with van der Waals surface area (Å²) in [6, 6.07) is 14.7. The molecule has 0 spiro atoms. The number of carbonyl (C=O) groups excluding carboxylic acids is 1. The number of phenolic OH excluding ortho intramolecular Hbond substituents is 1.